The van der Waals surface area contributed by atoms with Crippen LogP contribution in [-0.2, 0) is 6.54 Å². The van der Waals surface area contributed by atoms with Gasteiger partial charge < -0.3 is 11.1 Å². The summed E-state index contributed by atoms with van der Waals surface area (Å²) in [6, 6.07) is 14.6. The first-order valence-corrected chi connectivity index (χ1v) is 7.08. The Balaban J connectivity index is 1.91. The summed E-state index contributed by atoms with van der Waals surface area (Å²) in [5.74, 6) is 0. The highest BCUT2D eigenvalue weighted by Gasteiger charge is 2.05. The second-order valence-electron chi connectivity index (χ2n) is 5.41. The van der Waals surface area contributed by atoms with Gasteiger partial charge in [0.2, 0.25) is 0 Å². The van der Waals surface area contributed by atoms with Crippen LogP contribution in [0.1, 0.15) is 16.8 Å². The van der Waals surface area contributed by atoms with E-state index in [2.05, 4.69) is 47.6 Å². The zero-order valence-electron chi connectivity index (χ0n) is 12.4. The molecule has 0 bridgehead atoms. The Morgan fingerprint density at radius 3 is 2.52 bits per heavy atom. The number of rotatable bonds is 3. The zero-order chi connectivity index (χ0) is 14.8. The van der Waals surface area contributed by atoms with E-state index in [9.17, 15) is 0 Å². The Hall–Kier alpha value is -2.55. The molecule has 0 unspecified atom stereocenters. The van der Waals surface area contributed by atoms with E-state index < -0.39 is 0 Å². The molecule has 0 saturated carbocycles. The van der Waals surface area contributed by atoms with Crippen molar-refractivity contribution in [2.45, 2.75) is 20.4 Å². The molecule has 0 amide bonds. The molecule has 21 heavy (non-hydrogen) atoms. The number of pyridine rings is 1. The van der Waals surface area contributed by atoms with Gasteiger partial charge in [-0.05, 0) is 37.6 Å². The van der Waals surface area contributed by atoms with Gasteiger partial charge in [0.25, 0.3) is 0 Å². The maximum Gasteiger partial charge on any atom is 0.0425 e. The van der Waals surface area contributed by atoms with E-state index in [-0.39, 0.29) is 0 Å². The monoisotopic (exact) mass is 277 g/mol. The predicted molar refractivity (Wildman–Crippen MR) is 89.4 cm³/mol. The van der Waals surface area contributed by atoms with Crippen molar-refractivity contribution < 1.29 is 0 Å². The molecule has 0 spiro atoms. The predicted octanol–water partition coefficient (Wildman–Crippen LogP) is 4.05. The number of nitrogens with one attached hydrogen (secondary N) is 1. The molecular formula is C18H19N3. The minimum Gasteiger partial charge on any atom is -0.398 e. The number of hydrogen-bond donors (Lipinski definition) is 2. The molecule has 3 rings (SSSR count). The number of nitrogen functional groups attached to an aromatic ring is 1. The number of benzene rings is 2. The Bertz CT molecular complexity index is 776. The summed E-state index contributed by atoms with van der Waals surface area (Å²) in [6.07, 6.45) is 1.84. The fourth-order valence-electron chi connectivity index (χ4n) is 2.42. The van der Waals surface area contributed by atoms with E-state index in [0.717, 1.165) is 34.4 Å². The first-order chi connectivity index (χ1) is 10.1. The Labute approximate surface area is 124 Å². The van der Waals surface area contributed by atoms with Crippen LogP contribution < -0.4 is 11.1 Å². The Morgan fingerprint density at radius 2 is 1.76 bits per heavy atom. The smallest absolute Gasteiger partial charge is 0.0425 e. The van der Waals surface area contributed by atoms with Crippen LogP contribution in [0.25, 0.3) is 10.8 Å². The molecule has 0 radical (unpaired) electrons. The lowest BCUT2D eigenvalue weighted by Gasteiger charge is -2.12. The van der Waals surface area contributed by atoms with Gasteiger partial charge in [0, 0.05) is 40.6 Å². The second kappa shape index (κ2) is 5.44. The van der Waals surface area contributed by atoms with Crippen molar-refractivity contribution in [2.24, 2.45) is 0 Å². The Morgan fingerprint density at radius 1 is 1.00 bits per heavy atom. The number of aromatic nitrogens is 1. The van der Waals surface area contributed by atoms with E-state index in [1.165, 1.54) is 11.1 Å². The third-order valence-corrected chi connectivity index (χ3v) is 3.67. The van der Waals surface area contributed by atoms with Gasteiger partial charge in [0.1, 0.15) is 0 Å². The van der Waals surface area contributed by atoms with Crippen LogP contribution in [0.15, 0.2) is 48.7 Å². The number of hydrogen-bond acceptors (Lipinski definition) is 3. The highest BCUT2D eigenvalue weighted by Crippen LogP contribution is 2.28. The molecule has 0 fully saturated rings. The van der Waals surface area contributed by atoms with Crippen molar-refractivity contribution >= 4 is 22.1 Å². The molecule has 3 N–H and O–H groups in total. The molecule has 0 saturated heterocycles. The topological polar surface area (TPSA) is 50.9 Å². The van der Waals surface area contributed by atoms with E-state index >= 15 is 0 Å². The third kappa shape index (κ3) is 2.82. The van der Waals surface area contributed by atoms with E-state index in [1.807, 2.05) is 25.3 Å². The highest BCUT2D eigenvalue weighted by atomic mass is 14.9. The SMILES string of the molecule is Cc1ccc(CNc2ccc(N)c3cnc(C)cc23)cc1. The largest absolute Gasteiger partial charge is 0.398 e. The van der Waals surface area contributed by atoms with Crippen LogP contribution in [-0.4, -0.2) is 4.98 Å². The van der Waals surface area contributed by atoms with Gasteiger partial charge >= 0.3 is 0 Å². The third-order valence-electron chi connectivity index (χ3n) is 3.67. The maximum absolute atomic E-state index is 6.03. The molecule has 106 valence electrons. The van der Waals surface area contributed by atoms with Crippen LogP contribution in [0, 0.1) is 13.8 Å². The standard InChI is InChI=1S/C18H19N3/c1-12-3-5-14(6-4-12)10-21-18-8-7-17(19)16-11-20-13(2)9-15(16)18/h3-9,11,21H,10,19H2,1-2H3. The van der Waals surface area contributed by atoms with Crippen LogP contribution in [0.3, 0.4) is 0 Å². The van der Waals surface area contributed by atoms with Gasteiger partial charge in [-0.2, -0.15) is 0 Å². The molecule has 2 aromatic carbocycles. The summed E-state index contributed by atoms with van der Waals surface area (Å²) < 4.78 is 0. The fraction of sp³-hybridized carbons (Fsp3) is 0.167. The van der Waals surface area contributed by atoms with Crippen LogP contribution in [0.2, 0.25) is 0 Å². The summed E-state index contributed by atoms with van der Waals surface area (Å²) >= 11 is 0. The second-order valence-corrected chi connectivity index (χ2v) is 5.41. The molecule has 0 aliphatic carbocycles. The summed E-state index contributed by atoms with van der Waals surface area (Å²) in [6.45, 7) is 4.88. The molecule has 3 nitrogen and oxygen atoms in total. The summed E-state index contributed by atoms with van der Waals surface area (Å²) in [5, 5.41) is 5.61. The molecular weight excluding hydrogens is 258 g/mol. The lowest BCUT2D eigenvalue weighted by atomic mass is 10.1. The van der Waals surface area contributed by atoms with Gasteiger partial charge in [-0.15, -0.1) is 0 Å². The number of fused-ring (bicyclic) bond motifs is 1. The molecule has 3 aromatic rings. The van der Waals surface area contributed by atoms with Crippen molar-refractivity contribution in [3.05, 3.63) is 65.5 Å². The number of nitrogens with zero attached hydrogens (tertiary/aromatic N) is 1. The number of aryl methyl sites for hydroxylation is 2. The first kappa shape index (κ1) is 13.4. The van der Waals surface area contributed by atoms with E-state index in [4.69, 9.17) is 5.73 Å². The van der Waals surface area contributed by atoms with E-state index in [1.54, 1.807) is 0 Å². The fourth-order valence-corrected chi connectivity index (χ4v) is 2.42. The molecule has 0 aliphatic heterocycles. The van der Waals surface area contributed by atoms with Crippen molar-refractivity contribution in [3.8, 4) is 0 Å². The van der Waals surface area contributed by atoms with Crippen molar-refractivity contribution in [1.82, 2.24) is 4.98 Å². The van der Waals surface area contributed by atoms with Crippen molar-refractivity contribution in [2.75, 3.05) is 11.1 Å². The summed E-state index contributed by atoms with van der Waals surface area (Å²) in [7, 11) is 0. The molecule has 1 heterocycles. The minimum atomic E-state index is 0.762. The van der Waals surface area contributed by atoms with Crippen molar-refractivity contribution in [1.29, 1.82) is 0 Å². The maximum atomic E-state index is 6.03. The van der Waals surface area contributed by atoms with Crippen LogP contribution in [0.5, 0.6) is 0 Å². The lowest BCUT2D eigenvalue weighted by molar-refractivity contribution is 1.15. The Kier molecular flexibility index (Phi) is 3.48. The van der Waals surface area contributed by atoms with Gasteiger partial charge in [0.05, 0.1) is 0 Å². The summed E-state index contributed by atoms with van der Waals surface area (Å²) in [4.78, 5) is 4.33. The normalized spacial score (nSPS) is 10.8. The number of anilines is 2. The lowest BCUT2D eigenvalue weighted by Crippen LogP contribution is -2.01. The van der Waals surface area contributed by atoms with Gasteiger partial charge in [-0.1, -0.05) is 29.8 Å². The molecule has 0 aliphatic rings. The van der Waals surface area contributed by atoms with Gasteiger partial charge in [-0.3, -0.25) is 4.98 Å². The van der Waals surface area contributed by atoms with E-state index in [0.29, 0.717) is 0 Å². The van der Waals surface area contributed by atoms with Gasteiger partial charge in [0.15, 0.2) is 0 Å². The van der Waals surface area contributed by atoms with Gasteiger partial charge in [-0.25, -0.2) is 0 Å². The number of nitrogens with two attached hydrogens (primary N) is 1. The molecule has 1 aromatic heterocycles. The van der Waals surface area contributed by atoms with Crippen LogP contribution in [0.4, 0.5) is 11.4 Å². The van der Waals surface area contributed by atoms with Crippen LogP contribution >= 0.6 is 0 Å². The quantitative estimate of drug-likeness (QED) is 0.710. The average molecular weight is 277 g/mol. The molecule has 3 heteroatoms. The zero-order valence-corrected chi connectivity index (χ0v) is 12.4. The first-order valence-electron chi connectivity index (χ1n) is 7.08. The average Bonchev–Trinajstić information content (AvgIpc) is 2.48. The molecule has 0 atom stereocenters. The summed E-state index contributed by atoms with van der Waals surface area (Å²) in [5.41, 5.74) is 11.4. The minimum absolute atomic E-state index is 0.762. The van der Waals surface area contributed by atoms with Crippen molar-refractivity contribution in [3.63, 3.8) is 0 Å². The highest BCUT2D eigenvalue weighted by molar-refractivity contribution is 6.00.